The Morgan fingerprint density at radius 1 is 0.926 bits per heavy atom. The molecular formula is C20H17FN4O2. The summed E-state index contributed by atoms with van der Waals surface area (Å²) >= 11 is 0. The monoisotopic (exact) mass is 364 g/mol. The van der Waals surface area contributed by atoms with E-state index >= 15 is 0 Å². The zero-order valence-corrected chi connectivity index (χ0v) is 14.5. The van der Waals surface area contributed by atoms with Gasteiger partial charge in [-0.1, -0.05) is 18.2 Å². The summed E-state index contributed by atoms with van der Waals surface area (Å²) in [6, 6.07) is 16.1. The summed E-state index contributed by atoms with van der Waals surface area (Å²) in [5, 5.41) is 8.24. The van der Waals surface area contributed by atoms with Crippen molar-refractivity contribution in [1.82, 2.24) is 4.98 Å². The fourth-order valence-electron chi connectivity index (χ4n) is 2.45. The van der Waals surface area contributed by atoms with E-state index in [0.29, 0.717) is 11.4 Å². The molecule has 2 amide bonds. The van der Waals surface area contributed by atoms with Gasteiger partial charge in [0.1, 0.15) is 11.6 Å². The fraction of sp³-hybridized carbons (Fsp3) is 0.0500. The number of pyridine rings is 1. The van der Waals surface area contributed by atoms with Crippen LogP contribution in [0, 0.1) is 5.82 Å². The Labute approximate surface area is 155 Å². The quantitative estimate of drug-likeness (QED) is 0.634. The van der Waals surface area contributed by atoms with Gasteiger partial charge >= 0.3 is 0 Å². The minimum atomic E-state index is -0.447. The standard InChI is InChI=1S/C20H17FN4O2/c1-13(26)23-14-6-4-7-15(12-14)24-20(27)16-8-5-11-22-19(16)25-18-10-3-2-9-17(18)21/h2-12H,1H3,(H,22,25)(H,23,26)(H,24,27). The number of amides is 2. The lowest BCUT2D eigenvalue weighted by Crippen LogP contribution is -2.15. The van der Waals surface area contributed by atoms with E-state index in [1.807, 2.05) is 0 Å². The highest BCUT2D eigenvalue weighted by Crippen LogP contribution is 2.22. The number of hydrogen-bond donors (Lipinski definition) is 3. The van der Waals surface area contributed by atoms with Crippen LogP contribution < -0.4 is 16.0 Å². The molecule has 1 heterocycles. The van der Waals surface area contributed by atoms with Crippen LogP contribution in [-0.4, -0.2) is 16.8 Å². The topological polar surface area (TPSA) is 83.1 Å². The molecule has 0 radical (unpaired) electrons. The number of nitrogens with one attached hydrogen (secondary N) is 3. The van der Waals surface area contributed by atoms with Gasteiger partial charge in [0.25, 0.3) is 5.91 Å². The summed E-state index contributed by atoms with van der Waals surface area (Å²) in [5.74, 6) is -0.834. The van der Waals surface area contributed by atoms with Crippen molar-refractivity contribution in [2.45, 2.75) is 6.92 Å². The molecule has 0 aliphatic heterocycles. The normalized spacial score (nSPS) is 10.1. The van der Waals surface area contributed by atoms with Crippen LogP contribution in [0.25, 0.3) is 0 Å². The van der Waals surface area contributed by atoms with Crippen molar-refractivity contribution in [1.29, 1.82) is 0 Å². The molecule has 0 aliphatic carbocycles. The Morgan fingerprint density at radius 3 is 2.41 bits per heavy atom. The van der Waals surface area contributed by atoms with Crippen molar-refractivity contribution in [3.63, 3.8) is 0 Å². The number of anilines is 4. The first-order chi connectivity index (χ1) is 13.0. The Kier molecular flexibility index (Phi) is 5.41. The highest BCUT2D eigenvalue weighted by atomic mass is 19.1. The largest absolute Gasteiger partial charge is 0.337 e. The van der Waals surface area contributed by atoms with Gasteiger partial charge in [0.05, 0.1) is 11.3 Å². The van der Waals surface area contributed by atoms with Gasteiger partial charge in [-0.15, -0.1) is 0 Å². The molecule has 0 fully saturated rings. The second-order valence-electron chi connectivity index (χ2n) is 5.72. The predicted octanol–water partition coefficient (Wildman–Crippen LogP) is 4.18. The Bertz CT molecular complexity index is 991. The van der Waals surface area contributed by atoms with Gasteiger partial charge in [0.2, 0.25) is 5.91 Å². The molecule has 1 aromatic heterocycles. The number of carbonyl (C=O) groups excluding carboxylic acids is 2. The van der Waals surface area contributed by atoms with Gasteiger partial charge < -0.3 is 16.0 Å². The SMILES string of the molecule is CC(=O)Nc1cccc(NC(=O)c2cccnc2Nc2ccccc2F)c1. The number of nitrogens with zero attached hydrogens (tertiary/aromatic N) is 1. The molecule has 3 aromatic rings. The van der Waals surface area contributed by atoms with Crippen molar-refractivity contribution in [3.8, 4) is 0 Å². The molecule has 0 spiro atoms. The second-order valence-corrected chi connectivity index (χ2v) is 5.72. The molecule has 0 saturated carbocycles. The maximum Gasteiger partial charge on any atom is 0.259 e. The molecule has 3 rings (SSSR count). The van der Waals surface area contributed by atoms with Crippen LogP contribution in [0.15, 0.2) is 66.9 Å². The third kappa shape index (κ3) is 4.66. The molecule has 7 heteroatoms. The number of carbonyl (C=O) groups is 2. The number of benzene rings is 2. The van der Waals surface area contributed by atoms with Crippen LogP contribution in [0.3, 0.4) is 0 Å². The Hall–Kier alpha value is -3.74. The minimum absolute atomic E-state index is 0.206. The average Bonchev–Trinajstić information content (AvgIpc) is 2.64. The maximum atomic E-state index is 13.9. The zero-order valence-electron chi connectivity index (χ0n) is 14.5. The van der Waals surface area contributed by atoms with E-state index in [-0.39, 0.29) is 23.0 Å². The number of para-hydroxylation sites is 1. The van der Waals surface area contributed by atoms with Crippen LogP contribution >= 0.6 is 0 Å². The van der Waals surface area contributed by atoms with Crippen LogP contribution in [0.2, 0.25) is 0 Å². The van der Waals surface area contributed by atoms with Crippen LogP contribution in [0.1, 0.15) is 17.3 Å². The van der Waals surface area contributed by atoms with Crippen LogP contribution in [0.4, 0.5) is 27.3 Å². The van der Waals surface area contributed by atoms with Crippen molar-refractivity contribution in [2.75, 3.05) is 16.0 Å². The lowest BCUT2D eigenvalue weighted by Gasteiger charge is -2.12. The molecule has 2 aromatic carbocycles. The maximum absolute atomic E-state index is 13.9. The highest BCUT2D eigenvalue weighted by Gasteiger charge is 2.14. The molecule has 0 atom stereocenters. The predicted molar refractivity (Wildman–Crippen MR) is 103 cm³/mol. The molecule has 0 unspecified atom stereocenters. The minimum Gasteiger partial charge on any atom is -0.337 e. The Morgan fingerprint density at radius 2 is 1.67 bits per heavy atom. The molecule has 3 N–H and O–H groups in total. The van der Waals surface area contributed by atoms with E-state index in [4.69, 9.17) is 0 Å². The number of halogens is 1. The zero-order chi connectivity index (χ0) is 19.2. The van der Waals surface area contributed by atoms with Gasteiger partial charge in [-0.25, -0.2) is 9.37 Å². The Balaban J connectivity index is 1.82. The highest BCUT2D eigenvalue weighted by molar-refractivity contribution is 6.08. The lowest BCUT2D eigenvalue weighted by atomic mass is 10.2. The van der Waals surface area contributed by atoms with E-state index in [2.05, 4.69) is 20.9 Å². The first-order valence-electron chi connectivity index (χ1n) is 8.18. The molecule has 6 nitrogen and oxygen atoms in total. The van der Waals surface area contributed by atoms with E-state index in [1.165, 1.54) is 19.2 Å². The summed E-state index contributed by atoms with van der Waals surface area (Å²) in [6.07, 6.45) is 1.51. The second kappa shape index (κ2) is 8.09. The summed E-state index contributed by atoms with van der Waals surface area (Å²) in [4.78, 5) is 28.0. The summed E-state index contributed by atoms with van der Waals surface area (Å²) in [6.45, 7) is 1.40. The summed E-state index contributed by atoms with van der Waals surface area (Å²) in [7, 11) is 0. The van der Waals surface area contributed by atoms with Crippen molar-refractivity contribution < 1.29 is 14.0 Å². The smallest absolute Gasteiger partial charge is 0.259 e. The number of hydrogen-bond acceptors (Lipinski definition) is 4. The number of rotatable bonds is 5. The van der Waals surface area contributed by atoms with Crippen LogP contribution in [0.5, 0.6) is 0 Å². The van der Waals surface area contributed by atoms with Gasteiger partial charge in [-0.3, -0.25) is 9.59 Å². The first kappa shape index (κ1) is 18.1. The average molecular weight is 364 g/mol. The third-order valence-corrected chi connectivity index (χ3v) is 3.62. The lowest BCUT2D eigenvalue weighted by molar-refractivity contribution is -0.114. The molecule has 136 valence electrons. The van der Waals surface area contributed by atoms with E-state index in [0.717, 1.165) is 0 Å². The van der Waals surface area contributed by atoms with Gasteiger partial charge in [-0.2, -0.15) is 0 Å². The molecular weight excluding hydrogens is 347 g/mol. The van der Waals surface area contributed by atoms with E-state index in [9.17, 15) is 14.0 Å². The molecule has 0 bridgehead atoms. The van der Waals surface area contributed by atoms with Gasteiger partial charge in [0.15, 0.2) is 0 Å². The van der Waals surface area contributed by atoms with Gasteiger partial charge in [0, 0.05) is 24.5 Å². The van der Waals surface area contributed by atoms with Crippen molar-refractivity contribution in [2.24, 2.45) is 0 Å². The van der Waals surface area contributed by atoms with Crippen LogP contribution in [-0.2, 0) is 4.79 Å². The van der Waals surface area contributed by atoms with Crippen molar-refractivity contribution in [3.05, 3.63) is 78.2 Å². The summed E-state index contributed by atoms with van der Waals surface area (Å²) in [5.41, 5.74) is 1.55. The molecule has 0 aliphatic rings. The van der Waals surface area contributed by atoms with E-state index in [1.54, 1.807) is 54.6 Å². The van der Waals surface area contributed by atoms with E-state index < -0.39 is 11.7 Å². The number of aromatic nitrogens is 1. The first-order valence-corrected chi connectivity index (χ1v) is 8.18. The molecule has 27 heavy (non-hydrogen) atoms. The third-order valence-electron chi connectivity index (χ3n) is 3.62. The van der Waals surface area contributed by atoms with Gasteiger partial charge in [-0.05, 0) is 42.5 Å². The fourth-order valence-corrected chi connectivity index (χ4v) is 2.45. The van der Waals surface area contributed by atoms with Crippen molar-refractivity contribution >= 4 is 34.7 Å². The summed E-state index contributed by atoms with van der Waals surface area (Å²) < 4.78 is 13.9. The molecule has 0 saturated heterocycles.